The van der Waals surface area contributed by atoms with Gasteiger partial charge in [-0.15, -0.1) is 17.0 Å². The molecule has 1 aliphatic rings. The second-order valence-electron chi connectivity index (χ2n) is 7.66. The number of aromatic nitrogens is 3. The minimum Gasteiger partial charge on any atom is -0.476 e. The molecular formula is C20H26BrClN6O4. The van der Waals surface area contributed by atoms with Gasteiger partial charge in [0, 0.05) is 37.4 Å². The SMILES string of the molecule is Br.CC(C)N1CCC(NC(=O)c2cc(C(=O)O)nn2CC(=O)Nc2ccc(Cl)cn2)CC1. The van der Waals surface area contributed by atoms with Crippen molar-refractivity contribution >= 4 is 52.2 Å². The minimum absolute atomic E-state index is 0. The van der Waals surface area contributed by atoms with E-state index in [2.05, 4.69) is 39.5 Å². The Morgan fingerprint density at radius 1 is 1.25 bits per heavy atom. The zero-order valence-corrected chi connectivity index (χ0v) is 20.2. The quantitative estimate of drug-likeness (QED) is 0.502. The van der Waals surface area contributed by atoms with Crippen molar-refractivity contribution in [2.45, 2.75) is 45.3 Å². The Hall–Kier alpha value is -2.50. The summed E-state index contributed by atoms with van der Waals surface area (Å²) in [5.74, 6) is -1.96. The molecule has 174 valence electrons. The van der Waals surface area contributed by atoms with Crippen molar-refractivity contribution in [1.29, 1.82) is 0 Å². The number of nitrogens with zero attached hydrogens (tertiary/aromatic N) is 4. The Morgan fingerprint density at radius 3 is 2.50 bits per heavy atom. The summed E-state index contributed by atoms with van der Waals surface area (Å²) < 4.78 is 1.09. The van der Waals surface area contributed by atoms with Crippen LogP contribution in [0.2, 0.25) is 5.02 Å². The lowest BCUT2D eigenvalue weighted by molar-refractivity contribution is -0.116. The van der Waals surface area contributed by atoms with Crippen molar-refractivity contribution in [3.05, 3.63) is 40.8 Å². The number of pyridine rings is 1. The van der Waals surface area contributed by atoms with Gasteiger partial charge in [-0.05, 0) is 38.8 Å². The zero-order valence-electron chi connectivity index (χ0n) is 17.7. The third kappa shape index (κ3) is 6.75. The molecule has 2 amide bonds. The standard InChI is InChI=1S/C20H25ClN6O4.BrH/c1-12(2)26-7-5-14(6-8-26)23-19(29)16-9-15(20(30)31)25-27(16)11-18(28)24-17-4-3-13(21)10-22-17;/h3-4,9-10,12,14H,5-8,11H2,1-2H3,(H,23,29)(H,30,31)(H,22,24,28);1H. The van der Waals surface area contributed by atoms with E-state index in [0.29, 0.717) is 11.1 Å². The summed E-state index contributed by atoms with van der Waals surface area (Å²) in [6.45, 7) is 5.68. The van der Waals surface area contributed by atoms with Gasteiger partial charge in [-0.25, -0.2) is 14.5 Å². The lowest BCUT2D eigenvalue weighted by atomic mass is 10.0. The molecule has 0 saturated carbocycles. The molecule has 2 aromatic heterocycles. The number of halogens is 2. The summed E-state index contributed by atoms with van der Waals surface area (Å²) in [6.07, 6.45) is 2.98. The van der Waals surface area contributed by atoms with Gasteiger partial charge in [-0.1, -0.05) is 11.6 Å². The van der Waals surface area contributed by atoms with Crippen LogP contribution in [-0.2, 0) is 11.3 Å². The van der Waals surface area contributed by atoms with E-state index in [-0.39, 0.29) is 46.8 Å². The van der Waals surface area contributed by atoms with Gasteiger partial charge in [0.2, 0.25) is 5.91 Å². The molecule has 1 saturated heterocycles. The zero-order chi connectivity index (χ0) is 22.5. The Labute approximate surface area is 201 Å². The molecule has 0 unspecified atom stereocenters. The molecule has 0 atom stereocenters. The van der Waals surface area contributed by atoms with Gasteiger partial charge in [0.25, 0.3) is 5.91 Å². The van der Waals surface area contributed by atoms with Crippen LogP contribution in [0.1, 0.15) is 47.7 Å². The van der Waals surface area contributed by atoms with Gasteiger partial charge < -0.3 is 20.6 Å². The summed E-state index contributed by atoms with van der Waals surface area (Å²) in [5, 5.41) is 19.1. The Morgan fingerprint density at radius 2 is 1.94 bits per heavy atom. The van der Waals surface area contributed by atoms with E-state index < -0.39 is 17.8 Å². The Bertz CT molecular complexity index is 957. The molecule has 3 rings (SSSR count). The van der Waals surface area contributed by atoms with Crippen LogP contribution in [0.3, 0.4) is 0 Å². The largest absolute Gasteiger partial charge is 0.476 e. The lowest BCUT2D eigenvalue weighted by Gasteiger charge is -2.34. The van der Waals surface area contributed by atoms with Crippen molar-refractivity contribution in [3.8, 4) is 0 Å². The molecule has 0 bridgehead atoms. The maximum Gasteiger partial charge on any atom is 0.356 e. The fraction of sp³-hybridized carbons (Fsp3) is 0.450. The summed E-state index contributed by atoms with van der Waals surface area (Å²) >= 11 is 5.78. The molecule has 0 aliphatic carbocycles. The molecule has 10 nitrogen and oxygen atoms in total. The first-order chi connectivity index (χ1) is 14.7. The van der Waals surface area contributed by atoms with Crippen molar-refractivity contribution < 1.29 is 19.5 Å². The first-order valence-corrected chi connectivity index (χ1v) is 10.4. The molecule has 32 heavy (non-hydrogen) atoms. The smallest absolute Gasteiger partial charge is 0.356 e. The second-order valence-corrected chi connectivity index (χ2v) is 8.10. The molecular weight excluding hydrogens is 504 g/mol. The third-order valence-electron chi connectivity index (χ3n) is 5.12. The maximum absolute atomic E-state index is 12.8. The molecule has 3 N–H and O–H groups in total. The Kier molecular flexibility index (Phi) is 9.17. The van der Waals surface area contributed by atoms with Gasteiger partial charge >= 0.3 is 5.97 Å². The molecule has 0 radical (unpaired) electrons. The fourth-order valence-electron chi connectivity index (χ4n) is 3.41. The number of nitrogens with one attached hydrogen (secondary N) is 2. The number of anilines is 1. The average molecular weight is 530 g/mol. The molecule has 3 heterocycles. The summed E-state index contributed by atoms with van der Waals surface area (Å²) in [5.41, 5.74) is -0.292. The first-order valence-electron chi connectivity index (χ1n) is 10.0. The number of carbonyl (C=O) groups excluding carboxylic acids is 2. The lowest BCUT2D eigenvalue weighted by Crippen LogP contribution is -2.47. The van der Waals surface area contributed by atoms with Crippen LogP contribution in [0.4, 0.5) is 5.82 Å². The van der Waals surface area contributed by atoms with E-state index in [0.717, 1.165) is 30.6 Å². The molecule has 1 aliphatic heterocycles. The van der Waals surface area contributed by atoms with Crippen LogP contribution in [0.25, 0.3) is 0 Å². The van der Waals surface area contributed by atoms with E-state index >= 15 is 0 Å². The number of amides is 2. The van der Waals surface area contributed by atoms with E-state index in [1.165, 1.54) is 18.3 Å². The molecule has 1 fully saturated rings. The number of carbonyl (C=O) groups is 3. The molecule has 0 aromatic carbocycles. The summed E-state index contributed by atoms with van der Waals surface area (Å²) in [4.78, 5) is 42.9. The number of carboxylic acid groups (broad SMARTS) is 1. The van der Waals surface area contributed by atoms with E-state index in [1.54, 1.807) is 6.07 Å². The number of carboxylic acids is 1. The van der Waals surface area contributed by atoms with E-state index in [1.807, 2.05) is 0 Å². The predicted octanol–water partition coefficient (Wildman–Crippen LogP) is 2.45. The number of piperidine rings is 1. The van der Waals surface area contributed by atoms with E-state index in [4.69, 9.17) is 11.6 Å². The van der Waals surface area contributed by atoms with E-state index in [9.17, 15) is 19.5 Å². The van der Waals surface area contributed by atoms with Crippen molar-refractivity contribution in [2.75, 3.05) is 18.4 Å². The van der Waals surface area contributed by atoms with Gasteiger partial charge in [-0.2, -0.15) is 5.10 Å². The number of aromatic carboxylic acids is 1. The van der Waals surface area contributed by atoms with Crippen molar-refractivity contribution in [3.63, 3.8) is 0 Å². The van der Waals surface area contributed by atoms with Crippen molar-refractivity contribution in [2.24, 2.45) is 0 Å². The van der Waals surface area contributed by atoms with Crippen LogP contribution in [-0.4, -0.2) is 67.7 Å². The first kappa shape index (κ1) is 25.8. The monoisotopic (exact) mass is 528 g/mol. The van der Waals surface area contributed by atoms with Gasteiger partial charge in [-0.3, -0.25) is 9.59 Å². The van der Waals surface area contributed by atoms with Crippen LogP contribution in [0.5, 0.6) is 0 Å². The third-order valence-corrected chi connectivity index (χ3v) is 5.34. The highest BCUT2D eigenvalue weighted by molar-refractivity contribution is 8.93. The van der Waals surface area contributed by atoms with Crippen LogP contribution in [0, 0.1) is 0 Å². The van der Waals surface area contributed by atoms with Crippen LogP contribution >= 0.6 is 28.6 Å². The highest BCUT2D eigenvalue weighted by Crippen LogP contribution is 2.15. The van der Waals surface area contributed by atoms with Crippen LogP contribution < -0.4 is 10.6 Å². The van der Waals surface area contributed by atoms with Gasteiger partial charge in [0.1, 0.15) is 18.1 Å². The minimum atomic E-state index is -1.28. The van der Waals surface area contributed by atoms with Gasteiger partial charge in [0.05, 0.1) is 5.02 Å². The van der Waals surface area contributed by atoms with Gasteiger partial charge in [0.15, 0.2) is 5.69 Å². The number of hydrogen-bond acceptors (Lipinski definition) is 6. The fourth-order valence-corrected chi connectivity index (χ4v) is 3.52. The molecule has 0 spiro atoms. The average Bonchev–Trinajstić information content (AvgIpc) is 3.14. The summed E-state index contributed by atoms with van der Waals surface area (Å²) in [7, 11) is 0. The maximum atomic E-state index is 12.8. The number of rotatable bonds is 7. The van der Waals surface area contributed by atoms with Crippen LogP contribution in [0.15, 0.2) is 24.4 Å². The Balaban J connectivity index is 0.00000363. The highest BCUT2D eigenvalue weighted by Gasteiger charge is 2.25. The second kappa shape index (κ2) is 11.4. The normalized spacial score (nSPS) is 14.6. The summed E-state index contributed by atoms with van der Waals surface area (Å²) in [6, 6.07) is 4.71. The number of likely N-dealkylation sites (tertiary alicyclic amines) is 1. The number of hydrogen-bond donors (Lipinski definition) is 3. The topological polar surface area (TPSA) is 129 Å². The molecule has 12 heteroatoms. The van der Waals surface area contributed by atoms with Crippen molar-refractivity contribution in [1.82, 2.24) is 25.0 Å². The molecule has 2 aromatic rings. The highest BCUT2D eigenvalue weighted by atomic mass is 79.9. The predicted molar refractivity (Wildman–Crippen MR) is 125 cm³/mol.